The quantitative estimate of drug-likeness (QED) is 0.844. The standard InChI is InChI=1S/C16H17FN4OS/c1-10-9-23-7-6-14(10)21-8-13(15(18)22)16(20-21)19-12-4-2-11(17)3-5-12/h2-5,8,14H,1,6-7,9H2,(H2,18,22)(H,19,20)/t14-/m0/s1. The molecule has 120 valence electrons. The molecule has 0 bridgehead atoms. The summed E-state index contributed by atoms with van der Waals surface area (Å²) in [6, 6.07) is 5.90. The number of carbonyl (C=O) groups excluding carboxylic acids is 1. The van der Waals surface area contributed by atoms with Gasteiger partial charge in [-0.3, -0.25) is 9.48 Å². The van der Waals surface area contributed by atoms with Gasteiger partial charge >= 0.3 is 0 Å². The van der Waals surface area contributed by atoms with Crippen molar-refractivity contribution in [3.8, 4) is 0 Å². The first-order valence-corrected chi connectivity index (χ1v) is 8.37. The van der Waals surface area contributed by atoms with Gasteiger partial charge in [0.2, 0.25) is 0 Å². The summed E-state index contributed by atoms with van der Waals surface area (Å²) in [5, 5.41) is 7.49. The number of amides is 1. The van der Waals surface area contributed by atoms with Crippen LogP contribution in [0.5, 0.6) is 0 Å². The van der Waals surface area contributed by atoms with Crippen LogP contribution in [0.2, 0.25) is 0 Å². The average molecular weight is 332 g/mol. The van der Waals surface area contributed by atoms with E-state index >= 15 is 0 Å². The molecule has 1 aliphatic heterocycles. The van der Waals surface area contributed by atoms with Gasteiger partial charge in [-0.15, -0.1) is 0 Å². The molecule has 23 heavy (non-hydrogen) atoms. The molecule has 3 rings (SSSR count). The van der Waals surface area contributed by atoms with Crippen LogP contribution in [0.1, 0.15) is 22.8 Å². The molecule has 0 saturated carbocycles. The van der Waals surface area contributed by atoms with Gasteiger partial charge in [-0.25, -0.2) is 4.39 Å². The van der Waals surface area contributed by atoms with E-state index in [1.165, 1.54) is 12.1 Å². The van der Waals surface area contributed by atoms with Crippen molar-refractivity contribution in [2.45, 2.75) is 12.5 Å². The van der Waals surface area contributed by atoms with Gasteiger partial charge in [-0.2, -0.15) is 16.9 Å². The summed E-state index contributed by atoms with van der Waals surface area (Å²) in [6.07, 6.45) is 2.57. The maximum Gasteiger partial charge on any atom is 0.254 e. The minimum absolute atomic E-state index is 0.0677. The first-order valence-electron chi connectivity index (χ1n) is 7.21. The number of rotatable bonds is 4. The SMILES string of the molecule is C=C1CSCC[C@@H]1n1cc(C(N)=O)c(Nc2ccc(F)cc2)n1. The first kappa shape index (κ1) is 15.6. The summed E-state index contributed by atoms with van der Waals surface area (Å²) in [6.45, 7) is 4.09. The van der Waals surface area contributed by atoms with E-state index in [9.17, 15) is 9.18 Å². The Bertz CT molecular complexity index is 741. The van der Waals surface area contributed by atoms with E-state index in [1.807, 2.05) is 11.8 Å². The molecule has 1 aliphatic rings. The fraction of sp³-hybridized carbons (Fsp3) is 0.250. The van der Waals surface area contributed by atoms with E-state index in [-0.39, 0.29) is 11.9 Å². The number of nitrogens with zero attached hydrogens (tertiary/aromatic N) is 2. The van der Waals surface area contributed by atoms with E-state index in [2.05, 4.69) is 17.0 Å². The van der Waals surface area contributed by atoms with Gasteiger partial charge in [0.1, 0.15) is 11.4 Å². The van der Waals surface area contributed by atoms with Crippen LogP contribution in [0.15, 0.2) is 42.6 Å². The first-order chi connectivity index (χ1) is 11.0. The molecule has 2 aromatic rings. The van der Waals surface area contributed by atoms with Crippen LogP contribution in [-0.4, -0.2) is 27.2 Å². The Morgan fingerprint density at radius 1 is 1.43 bits per heavy atom. The second-order valence-electron chi connectivity index (χ2n) is 5.38. The number of primary amides is 1. The lowest BCUT2D eigenvalue weighted by molar-refractivity contribution is 0.100. The Morgan fingerprint density at radius 3 is 2.83 bits per heavy atom. The van der Waals surface area contributed by atoms with Gasteiger partial charge in [0.05, 0.1) is 6.04 Å². The maximum atomic E-state index is 13.0. The van der Waals surface area contributed by atoms with Gasteiger partial charge in [-0.1, -0.05) is 6.58 Å². The summed E-state index contributed by atoms with van der Waals surface area (Å²) >= 11 is 1.84. The van der Waals surface area contributed by atoms with Gasteiger partial charge < -0.3 is 11.1 Å². The molecular formula is C16H17FN4OS. The number of carbonyl (C=O) groups is 1. The highest BCUT2D eigenvalue weighted by Crippen LogP contribution is 2.32. The van der Waals surface area contributed by atoms with Crippen LogP contribution in [0.3, 0.4) is 0 Å². The summed E-state index contributed by atoms with van der Waals surface area (Å²) in [5.74, 6) is 1.40. The molecule has 1 aromatic heterocycles. The Kier molecular flexibility index (Phi) is 4.38. The van der Waals surface area contributed by atoms with Crippen molar-refractivity contribution < 1.29 is 9.18 Å². The van der Waals surface area contributed by atoms with Gasteiger partial charge in [0, 0.05) is 17.6 Å². The molecule has 2 heterocycles. The molecule has 1 aromatic carbocycles. The van der Waals surface area contributed by atoms with Gasteiger partial charge in [0.25, 0.3) is 5.91 Å². The molecule has 0 spiro atoms. The molecule has 7 heteroatoms. The van der Waals surface area contributed by atoms with Crippen LogP contribution >= 0.6 is 11.8 Å². The number of aromatic nitrogens is 2. The third kappa shape index (κ3) is 3.39. The third-order valence-electron chi connectivity index (χ3n) is 3.72. The van der Waals surface area contributed by atoms with E-state index < -0.39 is 5.91 Å². The van der Waals surface area contributed by atoms with Crippen molar-refractivity contribution in [3.05, 3.63) is 54.0 Å². The van der Waals surface area contributed by atoms with Gasteiger partial charge in [0.15, 0.2) is 5.82 Å². The van der Waals surface area contributed by atoms with Crippen molar-refractivity contribution in [1.29, 1.82) is 0 Å². The van der Waals surface area contributed by atoms with E-state index in [0.717, 1.165) is 23.5 Å². The zero-order chi connectivity index (χ0) is 16.4. The topological polar surface area (TPSA) is 72.9 Å². The molecule has 5 nitrogen and oxygen atoms in total. The normalized spacial score (nSPS) is 18.0. The predicted octanol–water partition coefficient (Wildman–Crippen LogP) is 3.10. The Balaban J connectivity index is 1.91. The highest BCUT2D eigenvalue weighted by Gasteiger charge is 2.23. The molecule has 1 saturated heterocycles. The summed E-state index contributed by atoms with van der Waals surface area (Å²) in [5.41, 5.74) is 7.47. The van der Waals surface area contributed by atoms with Crippen molar-refractivity contribution in [1.82, 2.24) is 9.78 Å². The fourth-order valence-electron chi connectivity index (χ4n) is 2.51. The van der Waals surface area contributed by atoms with Crippen molar-refractivity contribution >= 4 is 29.2 Å². The van der Waals surface area contributed by atoms with Crippen LogP contribution in [-0.2, 0) is 0 Å². The van der Waals surface area contributed by atoms with E-state index in [4.69, 9.17) is 5.73 Å². The Labute approximate surface area is 137 Å². The Hall–Kier alpha value is -2.28. The summed E-state index contributed by atoms with van der Waals surface area (Å²) in [7, 11) is 0. The summed E-state index contributed by atoms with van der Waals surface area (Å²) in [4.78, 5) is 11.7. The van der Waals surface area contributed by atoms with Crippen molar-refractivity contribution in [2.75, 3.05) is 16.8 Å². The highest BCUT2D eigenvalue weighted by atomic mass is 32.2. The fourth-order valence-corrected chi connectivity index (χ4v) is 3.50. The van der Waals surface area contributed by atoms with Crippen LogP contribution in [0.4, 0.5) is 15.9 Å². The predicted molar refractivity (Wildman–Crippen MR) is 90.5 cm³/mol. The number of hydrogen-bond donors (Lipinski definition) is 2. The van der Waals surface area contributed by atoms with Gasteiger partial charge in [-0.05, 0) is 42.0 Å². The van der Waals surface area contributed by atoms with Crippen LogP contribution in [0, 0.1) is 5.82 Å². The number of halogens is 1. The number of hydrogen-bond acceptors (Lipinski definition) is 4. The second-order valence-corrected chi connectivity index (χ2v) is 6.49. The molecule has 1 amide bonds. The lowest BCUT2D eigenvalue weighted by Crippen LogP contribution is -2.18. The molecular weight excluding hydrogens is 315 g/mol. The lowest BCUT2D eigenvalue weighted by atomic mass is 10.1. The number of benzene rings is 1. The van der Waals surface area contributed by atoms with E-state index in [1.54, 1.807) is 23.0 Å². The number of anilines is 2. The lowest BCUT2D eigenvalue weighted by Gasteiger charge is -2.24. The summed E-state index contributed by atoms with van der Waals surface area (Å²) < 4.78 is 14.7. The highest BCUT2D eigenvalue weighted by molar-refractivity contribution is 7.99. The molecule has 1 atom stereocenters. The molecule has 0 aliphatic carbocycles. The molecule has 3 N–H and O–H groups in total. The number of thioether (sulfide) groups is 1. The number of nitrogens with two attached hydrogens (primary N) is 1. The molecule has 0 radical (unpaired) electrons. The van der Waals surface area contributed by atoms with Crippen LogP contribution < -0.4 is 11.1 Å². The second kappa shape index (κ2) is 6.45. The van der Waals surface area contributed by atoms with Crippen molar-refractivity contribution in [2.24, 2.45) is 5.73 Å². The molecule has 0 unspecified atom stereocenters. The van der Waals surface area contributed by atoms with E-state index in [0.29, 0.717) is 17.1 Å². The monoisotopic (exact) mass is 332 g/mol. The largest absolute Gasteiger partial charge is 0.365 e. The average Bonchev–Trinajstić information content (AvgIpc) is 2.94. The number of nitrogens with one attached hydrogen (secondary N) is 1. The minimum Gasteiger partial charge on any atom is -0.365 e. The third-order valence-corrected chi connectivity index (χ3v) is 4.82. The zero-order valence-corrected chi connectivity index (χ0v) is 13.3. The molecule has 1 fully saturated rings. The maximum absolute atomic E-state index is 13.0. The zero-order valence-electron chi connectivity index (χ0n) is 12.5. The minimum atomic E-state index is -0.559. The van der Waals surface area contributed by atoms with Crippen molar-refractivity contribution in [3.63, 3.8) is 0 Å². The Morgan fingerprint density at radius 2 is 2.17 bits per heavy atom. The van der Waals surface area contributed by atoms with Crippen LogP contribution in [0.25, 0.3) is 0 Å². The smallest absolute Gasteiger partial charge is 0.254 e.